The SMILES string of the molecule is c1ccc(-c2ccc3c(c2)c2cc(-c4ccc5c(c4)c4ccccc4n5-c4ccc(-c5ccccc5)c5c4sc4ccccc45)ccc2n3-c2ccccc2)cc1. The Labute approximate surface area is 333 Å². The summed E-state index contributed by atoms with van der Waals surface area (Å²) in [6.45, 7) is 0. The maximum absolute atomic E-state index is 2.49. The van der Waals surface area contributed by atoms with Gasteiger partial charge in [-0.15, -0.1) is 11.3 Å². The topological polar surface area (TPSA) is 9.86 Å². The summed E-state index contributed by atoms with van der Waals surface area (Å²) in [5, 5.41) is 7.63. The second kappa shape index (κ2) is 12.7. The molecule has 0 N–H and O–H groups in total. The third-order valence-electron chi connectivity index (χ3n) is 11.7. The Morgan fingerprint density at radius 1 is 0.316 bits per heavy atom. The molecule has 0 aliphatic carbocycles. The largest absolute Gasteiger partial charge is 0.309 e. The van der Waals surface area contributed by atoms with Crippen LogP contribution in [0, 0.1) is 0 Å². The van der Waals surface area contributed by atoms with Gasteiger partial charge in [0.05, 0.1) is 32.5 Å². The molecule has 0 saturated heterocycles. The number of thiophene rings is 1. The fraction of sp³-hybridized carbons (Fsp3) is 0. The molecule has 0 saturated carbocycles. The van der Waals surface area contributed by atoms with Gasteiger partial charge in [-0.1, -0.05) is 140 Å². The molecule has 0 aliphatic rings. The molecule has 0 unspecified atom stereocenters. The van der Waals surface area contributed by atoms with Crippen molar-refractivity contribution in [2.45, 2.75) is 0 Å². The van der Waals surface area contributed by atoms with Gasteiger partial charge in [-0.2, -0.15) is 0 Å². The molecule has 3 heteroatoms. The zero-order valence-electron chi connectivity index (χ0n) is 30.9. The van der Waals surface area contributed by atoms with E-state index in [-0.39, 0.29) is 0 Å². The van der Waals surface area contributed by atoms with Gasteiger partial charge in [0.15, 0.2) is 0 Å². The van der Waals surface area contributed by atoms with Crippen molar-refractivity contribution in [1.82, 2.24) is 9.13 Å². The Morgan fingerprint density at radius 2 is 0.807 bits per heavy atom. The van der Waals surface area contributed by atoms with Crippen molar-refractivity contribution in [1.29, 1.82) is 0 Å². The van der Waals surface area contributed by atoms with Crippen LogP contribution in [0.25, 0.3) is 109 Å². The summed E-state index contributed by atoms with van der Waals surface area (Å²) in [7, 11) is 0. The molecular weight excluding hydrogens is 709 g/mol. The Kier molecular flexibility index (Phi) is 7.13. The van der Waals surface area contributed by atoms with Gasteiger partial charge in [0.1, 0.15) is 0 Å². The molecule has 266 valence electrons. The normalized spacial score (nSPS) is 11.9. The van der Waals surface area contributed by atoms with Gasteiger partial charge in [-0.05, 0) is 100 Å². The number of nitrogens with zero attached hydrogens (tertiary/aromatic N) is 2. The molecule has 12 rings (SSSR count). The summed E-state index contributed by atoms with van der Waals surface area (Å²) in [5.74, 6) is 0. The third kappa shape index (κ3) is 4.96. The number of benzene rings is 9. The molecule has 0 spiro atoms. The van der Waals surface area contributed by atoms with Crippen LogP contribution in [0.15, 0.2) is 206 Å². The number of aromatic nitrogens is 2. The Balaban J connectivity index is 1.07. The van der Waals surface area contributed by atoms with Crippen LogP contribution >= 0.6 is 11.3 Å². The average molecular weight is 743 g/mol. The summed E-state index contributed by atoms with van der Waals surface area (Å²) in [4.78, 5) is 0. The molecule has 0 aliphatic heterocycles. The fourth-order valence-electron chi connectivity index (χ4n) is 9.13. The predicted octanol–water partition coefficient (Wildman–Crippen LogP) is 15.2. The minimum absolute atomic E-state index is 1.16. The zero-order chi connectivity index (χ0) is 37.5. The molecule has 2 nitrogen and oxygen atoms in total. The Hall–Kier alpha value is -7.20. The molecule has 9 aromatic carbocycles. The van der Waals surface area contributed by atoms with Gasteiger partial charge in [0, 0.05) is 42.7 Å². The highest BCUT2D eigenvalue weighted by Crippen LogP contribution is 2.46. The minimum Gasteiger partial charge on any atom is -0.309 e. The van der Waals surface area contributed by atoms with Crippen molar-refractivity contribution >= 4 is 75.1 Å². The summed E-state index contributed by atoms with van der Waals surface area (Å²) >= 11 is 1.89. The van der Waals surface area contributed by atoms with E-state index >= 15 is 0 Å². The minimum atomic E-state index is 1.16. The van der Waals surface area contributed by atoms with Crippen molar-refractivity contribution in [3.63, 3.8) is 0 Å². The molecule has 12 aromatic rings. The number of hydrogen-bond acceptors (Lipinski definition) is 1. The Morgan fingerprint density at radius 3 is 1.47 bits per heavy atom. The number of rotatable bonds is 5. The number of fused-ring (bicyclic) bond motifs is 9. The summed E-state index contributed by atoms with van der Waals surface area (Å²) in [6.07, 6.45) is 0. The molecule has 0 atom stereocenters. The van der Waals surface area contributed by atoms with E-state index in [4.69, 9.17) is 0 Å². The van der Waals surface area contributed by atoms with Crippen LogP contribution in [0.5, 0.6) is 0 Å². The highest BCUT2D eigenvalue weighted by atomic mass is 32.1. The van der Waals surface area contributed by atoms with Crippen LogP contribution < -0.4 is 0 Å². The zero-order valence-corrected chi connectivity index (χ0v) is 31.7. The lowest BCUT2D eigenvalue weighted by molar-refractivity contribution is 1.18. The van der Waals surface area contributed by atoms with Crippen LogP contribution in [-0.4, -0.2) is 9.13 Å². The first-order valence-corrected chi connectivity index (χ1v) is 20.3. The quantitative estimate of drug-likeness (QED) is 0.166. The van der Waals surface area contributed by atoms with E-state index in [1.54, 1.807) is 0 Å². The van der Waals surface area contributed by atoms with Crippen LogP contribution in [0.3, 0.4) is 0 Å². The van der Waals surface area contributed by atoms with E-state index in [0.29, 0.717) is 0 Å². The van der Waals surface area contributed by atoms with Crippen molar-refractivity contribution in [2.75, 3.05) is 0 Å². The maximum atomic E-state index is 2.49. The second-order valence-corrected chi connectivity index (χ2v) is 15.9. The number of para-hydroxylation sites is 2. The standard InChI is InChI=1S/C54H34N2S/c1-4-14-35(15-5-1)37-24-28-48-45(32-37)46-34-39(25-29-49(46)55(48)40-18-8-3-9-19-40)38-26-30-50-44(33-38)42-20-10-12-22-47(42)56(50)51-31-27-41(36-16-6-2-7-17-36)53-43-21-11-13-23-52(43)57-54(51)53/h1-34H. The van der Waals surface area contributed by atoms with Crippen LogP contribution in [0.1, 0.15) is 0 Å². The maximum Gasteiger partial charge on any atom is 0.0641 e. The predicted molar refractivity (Wildman–Crippen MR) is 244 cm³/mol. The monoisotopic (exact) mass is 742 g/mol. The van der Waals surface area contributed by atoms with Crippen molar-refractivity contribution in [3.05, 3.63) is 206 Å². The Bertz CT molecular complexity index is 3500. The second-order valence-electron chi connectivity index (χ2n) is 14.9. The third-order valence-corrected chi connectivity index (χ3v) is 12.9. The average Bonchev–Trinajstić information content (AvgIpc) is 3.94. The van der Waals surface area contributed by atoms with Gasteiger partial charge in [0.2, 0.25) is 0 Å². The lowest BCUT2D eigenvalue weighted by Gasteiger charge is -2.13. The van der Waals surface area contributed by atoms with E-state index < -0.39 is 0 Å². The van der Waals surface area contributed by atoms with Crippen molar-refractivity contribution in [3.8, 4) is 44.8 Å². The lowest BCUT2D eigenvalue weighted by Crippen LogP contribution is -1.95. The molecular formula is C54H34N2S. The van der Waals surface area contributed by atoms with E-state index in [1.807, 2.05) is 11.3 Å². The first-order valence-electron chi connectivity index (χ1n) is 19.5. The van der Waals surface area contributed by atoms with Gasteiger partial charge in [0.25, 0.3) is 0 Å². The van der Waals surface area contributed by atoms with Crippen LogP contribution in [-0.2, 0) is 0 Å². The van der Waals surface area contributed by atoms with E-state index in [0.717, 1.165) is 5.69 Å². The van der Waals surface area contributed by atoms with Gasteiger partial charge in [-0.3, -0.25) is 0 Å². The number of hydrogen-bond donors (Lipinski definition) is 0. The van der Waals surface area contributed by atoms with Crippen LogP contribution in [0.4, 0.5) is 0 Å². The highest BCUT2D eigenvalue weighted by Gasteiger charge is 2.20. The van der Waals surface area contributed by atoms with E-state index in [2.05, 4.69) is 215 Å². The summed E-state index contributed by atoms with van der Waals surface area (Å²) in [6, 6.07) is 75.6. The van der Waals surface area contributed by atoms with Crippen molar-refractivity contribution < 1.29 is 0 Å². The first-order chi connectivity index (χ1) is 28.3. The summed E-state index contributed by atoms with van der Waals surface area (Å²) in [5.41, 5.74) is 14.6. The molecule has 3 aromatic heterocycles. The lowest BCUT2D eigenvalue weighted by atomic mass is 9.98. The fourth-order valence-corrected chi connectivity index (χ4v) is 10.4. The van der Waals surface area contributed by atoms with Gasteiger partial charge >= 0.3 is 0 Å². The highest BCUT2D eigenvalue weighted by molar-refractivity contribution is 7.26. The smallest absolute Gasteiger partial charge is 0.0641 e. The van der Waals surface area contributed by atoms with E-state index in [9.17, 15) is 0 Å². The molecule has 3 heterocycles. The van der Waals surface area contributed by atoms with Gasteiger partial charge < -0.3 is 9.13 Å². The molecule has 0 amide bonds. The molecule has 0 fully saturated rings. The summed E-state index contributed by atoms with van der Waals surface area (Å²) < 4.78 is 7.50. The molecule has 0 bridgehead atoms. The molecule has 0 radical (unpaired) electrons. The van der Waals surface area contributed by atoms with Crippen molar-refractivity contribution in [2.24, 2.45) is 0 Å². The first kappa shape index (κ1) is 32.1. The molecule has 57 heavy (non-hydrogen) atoms. The van der Waals surface area contributed by atoms with Crippen LogP contribution in [0.2, 0.25) is 0 Å². The van der Waals surface area contributed by atoms with Gasteiger partial charge in [-0.25, -0.2) is 0 Å². The van der Waals surface area contributed by atoms with E-state index in [1.165, 1.54) is 103 Å².